The van der Waals surface area contributed by atoms with Gasteiger partial charge in [0.2, 0.25) is 0 Å². The Hall–Kier alpha value is -0.500. The molecule has 0 aromatic carbocycles. The van der Waals surface area contributed by atoms with E-state index in [-0.39, 0.29) is 23.7 Å². The molecule has 2 atom stereocenters. The first kappa shape index (κ1) is 20.5. The standard InChI is InChI=1S/C10H16O4S.C6H15NO/c1-9(2)7-3-4-10(9,8(11)5-7)6-15(12,13)14;1-3-7(4-2)5-6-8/h7H,3-6H2,1-2H3,(H,12,13,14);8H,3-6H2,1-2H3/t7-,10-;/m1./s1. The molecule has 0 unspecified atom stereocenters. The van der Waals surface area contributed by atoms with Gasteiger partial charge < -0.3 is 10.0 Å². The normalized spacial score (nSPS) is 28.8. The number of aliphatic hydroxyl groups is 1. The zero-order chi connectivity index (χ0) is 17.9. The highest BCUT2D eigenvalue weighted by molar-refractivity contribution is 7.85. The first-order chi connectivity index (χ1) is 10.5. The number of aliphatic hydroxyl groups excluding tert-OH is 1. The van der Waals surface area contributed by atoms with Crippen molar-refractivity contribution in [3.05, 3.63) is 0 Å². The highest BCUT2D eigenvalue weighted by Gasteiger charge is 2.65. The maximum absolute atomic E-state index is 11.9. The van der Waals surface area contributed by atoms with E-state index in [0.29, 0.717) is 12.8 Å². The minimum atomic E-state index is -4.08. The highest BCUT2D eigenvalue weighted by atomic mass is 32.2. The Balaban J connectivity index is 0.000000284. The summed E-state index contributed by atoms with van der Waals surface area (Å²) in [6.45, 7) is 11.3. The number of fused-ring (bicyclic) bond motifs is 2. The maximum atomic E-state index is 11.9. The van der Waals surface area contributed by atoms with Crippen LogP contribution in [0.4, 0.5) is 0 Å². The van der Waals surface area contributed by atoms with Crippen LogP contribution in [0.3, 0.4) is 0 Å². The molecule has 2 aliphatic rings. The summed E-state index contributed by atoms with van der Waals surface area (Å²) < 4.78 is 31.0. The number of hydrogen-bond donors (Lipinski definition) is 2. The van der Waals surface area contributed by atoms with Crippen molar-refractivity contribution in [2.75, 3.05) is 32.0 Å². The molecule has 2 N–H and O–H groups in total. The molecule has 0 aromatic heterocycles. The van der Waals surface area contributed by atoms with Crippen LogP contribution in [-0.2, 0) is 14.9 Å². The molecular formula is C16H31NO5S. The van der Waals surface area contributed by atoms with Crippen molar-refractivity contribution in [1.29, 1.82) is 0 Å². The summed E-state index contributed by atoms with van der Waals surface area (Å²) >= 11 is 0. The summed E-state index contributed by atoms with van der Waals surface area (Å²) in [6.07, 6.45) is 1.97. The average Bonchev–Trinajstić information content (AvgIpc) is 2.77. The van der Waals surface area contributed by atoms with Gasteiger partial charge in [-0.15, -0.1) is 0 Å². The third-order valence-corrected chi connectivity index (χ3v) is 6.74. The monoisotopic (exact) mass is 349 g/mol. The SMILES string of the molecule is CC1(C)[C@@H]2CC[C@@]1(CS(=O)(=O)O)C(=O)C2.CCN(CC)CCO. The van der Waals surface area contributed by atoms with Crippen LogP contribution in [0.2, 0.25) is 0 Å². The summed E-state index contributed by atoms with van der Waals surface area (Å²) in [4.78, 5) is 14.1. The fraction of sp³-hybridized carbons (Fsp3) is 0.938. The van der Waals surface area contributed by atoms with Crippen LogP contribution in [-0.4, -0.2) is 60.8 Å². The van der Waals surface area contributed by atoms with E-state index in [1.54, 1.807) is 0 Å². The molecule has 0 radical (unpaired) electrons. The summed E-state index contributed by atoms with van der Waals surface area (Å²) in [6, 6.07) is 0. The zero-order valence-electron chi connectivity index (χ0n) is 14.7. The van der Waals surface area contributed by atoms with Crippen molar-refractivity contribution in [3.63, 3.8) is 0 Å². The van der Waals surface area contributed by atoms with Gasteiger partial charge in [-0.2, -0.15) is 8.42 Å². The lowest BCUT2D eigenvalue weighted by Crippen LogP contribution is -2.42. The third-order valence-electron chi connectivity index (χ3n) is 5.88. The van der Waals surface area contributed by atoms with Gasteiger partial charge in [0.05, 0.1) is 17.8 Å². The Morgan fingerprint density at radius 1 is 1.26 bits per heavy atom. The minimum Gasteiger partial charge on any atom is -0.395 e. The highest BCUT2D eigenvalue weighted by Crippen LogP contribution is 2.64. The topological polar surface area (TPSA) is 94.9 Å². The fourth-order valence-electron chi connectivity index (χ4n) is 4.10. The number of nitrogens with zero attached hydrogens (tertiary/aromatic N) is 1. The van der Waals surface area contributed by atoms with E-state index in [1.165, 1.54) is 0 Å². The van der Waals surface area contributed by atoms with Crippen molar-refractivity contribution in [2.45, 2.75) is 47.0 Å². The Kier molecular flexibility index (Phi) is 6.78. The molecule has 2 fully saturated rings. The first-order valence-corrected chi connectivity index (χ1v) is 9.96. The molecule has 0 amide bonds. The third kappa shape index (κ3) is 4.32. The second kappa shape index (κ2) is 7.59. The molecule has 6 nitrogen and oxygen atoms in total. The molecular weight excluding hydrogens is 318 g/mol. The van der Waals surface area contributed by atoms with Crippen LogP contribution in [0.25, 0.3) is 0 Å². The molecule has 0 spiro atoms. The Morgan fingerprint density at radius 2 is 1.83 bits per heavy atom. The number of Topliss-reactive ketones (excluding diaryl/α,β-unsaturated/α-hetero) is 1. The summed E-state index contributed by atoms with van der Waals surface area (Å²) in [5.74, 6) is -0.101. The summed E-state index contributed by atoms with van der Waals surface area (Å²) in [5, 5.41) is 8.46. The maximum Gasteiger partial charge on any atom is 0.265 e. The lowest BCUT2D eigenvalue weighted by atomic mass is 9.70. The van der Waals surface area contributed by atoms with Gasteiger partial charge in [-0.25, -0.2) is 0 Å². The summed E-state index contributed by atoms with van der Waals surface area (Å²) in [7, 11) is -4.08. The van der Waals surface area contributed by atoms with Gasteiger partial charge in [0.1, 0.15) is 5.78 Å². The van der Waals surface area contributed by atoms with Crippen molar-refractivity contribution in [1.82, 2.24) is 4.90 Å². The van der Waals surface area contributed by atoms with Crippen molar-refractivity contribution in [2.24, 2.45) is 16.7 Å². The van der Waals surface area contributed by atoms with Gasteiger partial charge in [-0.1, -0.05) is 27.7 Å². The van der Waals surface area contributed by atoms with Gasteiger partial charge >= 0.3 is 0 Å². The lowest BCUT2D eigenvalue weighted by molar-refractivity contribution is -0.128. The van der Waals surface area contributed by atoms with Crippen molar-refractivity contribution >= 4 is 15.9 Å². The van der Waals surface area contributed by atoms with Crippen LogP contribution in [0.5, 0.6) is 0 Å². The number of hydrogen-bond acceptors (Lipinski definition) is 5. The van der Waals surface area contributed by atoms with Gasteiger partial charge in [-0.05, 0) is 37.3 Å². The molecule has 2 aliphatic carbocycles. The largest absolute Gasteiger partial charge is 0.395 e. The average molecular weight is 349 g/mol. The quantitative estimate of drug-likeness (QED) is 0.707. The van der Waals surface area contributed by atoms with E-state index in [0.717, 1.165) is 26.1 Å². The van der Waals surface area contributed by atoms with Gasteiger partial charge in [0, 0.05) is 13.0 Å². The van der Waals surface area contributed by atoms with Gasteiger partial charge in [-0.3, -0.25) is 9.35 Å². The predicted molar refractivity (Wildman–Crippen MR) is 89.9 cm³/mol. The predicted octanol–water partition coefficient (Wildman–Crippen LogP) is 1.59. The summed E-state index contributed by atoms with van der Waals surface area (Å²) in [5.41, 5.74) is -1.12. The van der Waals surface area contributed by atoms with E-state index >= 15 is 0 Å². The smallest absolute Gasteiger partial charge is 0.265 e. The molecule has 136 valence electrons. The van der Waals surface area contributed by atoms with Crippen LogP contribution in [0.15, 0.2) is 0 Å². The molecule has 2 saturated carbocycles. The molecule has 0 heterocycles. The Bertz CT molecular complexity index is 513. The molecule has 0 saturated heterocycles. The fourth-order valence-corrected chi connectivity index (χ4v) is 5.40. The number of carbonyl (C=O) groups excluding carboxylic acids is 1. The molecule has 7 heteroatoms. The zero-order valence-corrected chi connectivity index (χ0v) is 15.5. The number of ketones is 1. The number of rotatable bonds is 6. The van der Waals surface area contributed by atoms with Gasteiger partial charge in [0.15, 0.2) is 0 Å². The molecule has 23 heavy (non-hydrogen) atoms. The molecule has 2 bridgehead atoms. The lowest BCUT2D eigenvalue weighted by Gasteiger charge is -2.35. The number of likely N-dealkylation sites (N-methyl/N-ethyl adjacent to an activating group) is 1. The van der Waals surface area contributed by atoms with Crippen LogP contribution in [0, 0.1) is 16.7 Å². The Morgan fingerprint density at radius 3 is 2.09 bits per heavy atom. The van der Waals surface area contributed by atoms with E-state index in [4.69, 9.17) is 9.66 Å². The van der Waals surface area contributed by atoms with Gasteiger partial charge in [0.25, 0.3) is 10.1 Å². The van der Waals surface area contributed by atoms with E-state index in [2.05, 4.69) is 18.7 Å². The van der Waals surface area contributed by atoms with E-state index < -0.39 is 21.3 Å². The van der Waals surface area contributed by atoms with E-state index in [9.17, 15) is 13.2 Å². The van der Waals surface area contributed by atoms with Crippen molar-refractivity contribution in [3.8, 4) is 0 Å². The Labute approximate surface area is 140 Å². The second-order valence-corrected chi connectivity index (χ2v) is 8.60. The number of carbonyl (C=O) groups is 1. The van der Waals surface area contributed by atoms with Crippen LogP contribution >= 0.6 is 0 Å². The second-order valence-electron chi connectivity index (χ2n) is 7.14. The van der Waals surface area contributed by atoms with Crippen LogP contribution < -0.4 is 0 Å². The molecule has 0 aromatic rings. The van der Waals surface area contributed by atoms with E-state index in [1.807, 2.05) is 13.8 Å². The molecule has 2 rings (SSSR count). The molecule has 0 aliphatic heterocycles. The van der Waals surface area contributed by atoms with Crippen LogP contribution in [0.1, 0.15) is 47.0 Å². The first-order valence-electron chi connectivity index (χ1n) is 8.35. The van der Waals surface area contributed by atoms with Crippen molar-refractivity contribution < 1.29 is 22.9 Å². The minimum absolute atomic E-state index is 0.0152.